The highest BCUT2D eigenvalue weighted by molar-refractivity contribution is 6.19. The number of amidine groups is 2. The summed E-state index contributed by atoms with van der Waals surface area (Å²) in [6.45, 7) is 11.4. The predicted molar refractivity (Wildman–Crippen MR) is 259 cm³/mol. The molecule has 1 aliphatic carbocycles. The molecule has 1 unspecified atom stereocenters. The second-order valence-electron chi connectivity index (χ2n) is 17.0. The normalized spacial score (nSPS) is 16.4. The SMILES string of the molecule is C=NC(=NC(=NCc1ccccc1)c1cccc2c1oc1ccc(-n3c4ccccc4c4cc5c(cc43)C(C)(C)C3=CCC(C)C=C3N5c3ccccc3)cc12)c1ccccc1. The monoisotopic (exact) mass is 803 g/mol. The number of fused-ring (bicyclic) bond motifs is 8. The summed E-state index contributed by atoms with van der Waals surface area (Å²) in [6.07, 6.45) is 5.98. The van der Waals surface area contributed by atoms with Crippen LogP contribution in [-0.4, -0.2) is 23.0 Å². The van der Waals surface area contributed by atoms with E-state index in [9.17, 15) is 0 Å². The number of hydrogen-bond acceptors (Lipinski definition) is 3. The molecule has 0 saturated heterocycles. The predicted octanol–water partition coefficient (Wildman–Crippen LogP) is 14.1. The molecule has 62 heavy (non-hydrogen) atoms. The summed E-state index contributed by atoms with van der Waals surface area (Å²) in [5.41, 5.74) is 13.8. The second kappa shape index (κ2) is 14.9. The van der Waals surface area contributed by atoms with Crippen LogP contribution >= 0.6 is 0 Å². The van der Waals surface area contributed by atoms with Crippen LogP contribution in [0, 0.1) is 5.92 Å². The molecule has 11 rings (SSSR count). The Balaban J connectivity index is 1.10. The fraction of sp³-hybridized carbons (Fsp3) is 0.125. The molecular weight excluding hydrogens is 759 g/mol. The van der Waals surface area contributed by atoms with Crippen molar-refractivity contribution >= 4 is 73.5 Å². The smallest absolute Gasteiger partial charge is 0.161 e. The minimum Gasteiger partial charge on any atom is -0.455 e. The molecule has 0 amide bonds. The molecule has 6 nitrogen and oxygen atoms in total. The molecule has 300 valence electrons. The van der Waals surface area contributed by atoms with E-state index in [4.69, 9.17) is 14.4 Å². The Bertz CT molecular complexity index is 3350. The summed E-state index contributed by atoms with van der Waals surface area (Å²) in [4.78, 5) is 17.0. The first-order valence-electron chi connectivity index (χ1n) is 21.4. The lowest BCUT2D eigenvalue weighted by Gasteiger charge is -2.46. The number of aromatic nitrogens is 1. The van der Waals surface area contributed by atoms with E-state index in [1.54, 1.807) is 0 Å². The van der Waals surface area contributed by atoms with Gasteiger partial charge in [-0.2, -0.15) is 0 Å². The molecular formula is C56H45N5O. The Morgan fingerprint density at radius 3 is 2.21 bits per heavy atom. The number of furan rings is 1. The highest BCUT2D eigenvalue weighted by Gasteiger charge is 2.41. The maximum absolute atomic E-state index is 6.78. The van der Waals surface area contributed by atoms with Crippen LogP contribution in [0.25, 0.3) is 49.4 Å². The quantitative estimate of drug-likeness (QED) is 0.124. The second-order valence-corrected chi connectivity index (χ2v) is 17.0. The first kappa shape index (κ1) is 37.4. The summed E-state index contributed by atoms with van der Waals surface area (Å²) in [5, 5.41) is 4.44. The van der Waals surface area contributed by atoms with Gasteiger partial charge >= 0.3 is 0 Å². The molecule has 0 fully saturated rings. The Morgan fingerprint density at radius 1 is 0.694 bits per heavy atom. The fourth-order valence-corrected chi connectivity index (χ4v) is 9.61. The zero-order valence-corrected chi connectivity index (χ0v) is 35.1. The number of para-hydroxylation sites is 3. The number of allylic oxidation sites excluding steroid dienone is 3. The molecule has 9 aromatic rings. The molecule has 0 radical (unpaired) electrons. The molecule has 7 aromatic carbocycles. The van der Waals surface area contributed by atoms with Crippen LogP contribution < -0.4 is 4.90 Å². The average molecular weight is 804 g/mol. The maximum Gasteiger partial charge on any atom is 0.161 e. The van der Waals surface area contributed by atoms with Crippen molar-refractivity contribution < 1.29 is 4.42 Å². The van der Waals surface area contributed by atoms with E-state index in [1.165, 1.54) is 44.5 Å². The summed E-state index contributed by atoms with van der Waals surface area (Å²) >= 11 is 0. The minimum absolute atomic E-state index is 0.215. The number of anilines is 2. The van der Waals surface area contributed by atoms with E-state index in [-0.39, 0.29) is 5.41 Å². The highest BCUT2D eigenvalue weighted by Crippen LogP contribution is 2.54. The minimum atomic E-state index is -0.215. The molecule has 2 aromatic heterocycles. The van der Waals surface area contributed by atoms with Gasteiger partial charge in [-0.3, -0.25) is 4.99 Å². The fourth-order valence-electron chi connectivity index (χ4n) is 9.61. The van der Waals surface area contributed by atoms with Crippen molar-refractivity contribution in [2.24, 2.45) is 20.9 Å². The number of benzene rings is 7. The number of aliphatic imine (C=N–C) groups is 3. The molecule has 0 bridgehead atoms. The van der Waals surface area contributed by atoms with Crippen LogP contribution in [0.3, 0.4) is 0 Å². The topological polar surface area (TPSA) is 58.4 Å². The molecule has 1 aliphatic heterocycles. The van der Waals surface area contributed by atoms with E-state index in [2.05, 4.69) is 163 Å². The third kappa shape index (κ3) is 6.13. The van der Waals surface area contributed by atoms with E-state index >= 15 is 0 Å². The molecule has 0 spiro atoms. The van der Waals surface area contributed by atoms with Crippen LogP contribution in [0.5, 0.6) is 0 Å². The van der Waals surface area contributed by atoms with Crippen LogP contribution in [0.2, 0.25) is 0 Å². The Morgan fingerprint density at radius 2 is 1.42 bits per heavy atom. The zero-order valence-electron chi connectivity index (χ0n) is 35.1. The van der Waals surface area contributed by atoms with Gasteiger partial charge in [-0.05, 0) is 90.4 Å². The first-order valence-corrected chi connectivity index (χ1v) is 21.4. The van der Waals surface area contributed by atoms with Gasteiger partial charge < -0.3 is 13.9 Å². The van der Waals surface area contributed by atoms with Crippen LogP contribution in [0.4, 0.5) is 11.4 Å². The van der Waals surface area contributed by atoms with Gasteiger partial charge in [0.25, 0.3) is 0 Å². The van der Waals surface area contributed by atoms with Gasteiger partial charge in [0.1, 0.15) is 11.2 Å². The standard InChI is InChI=1S/C56H45N5O/c1-36-27-29-46-50(31-36)60(39-21-12-7-13-22-39)51-33-44-41-23-14-15-26-48(41)61(49(44)34-47(51)56(46,2)3)40-28-30-52-45(32-40)42-24-16-25-43(53(42)62-52)55(58-35-37-17-8-5-9-18-37)59-54(57-4)38-19-10-6-11-20-38/h5-26,28-34,36H,4,27,35H2,1-3H3. The van der Waals surface area contributed by atoms with Crippen molar-refractivity contribution in [2.45, 2.75) is 39.2 Å². The van der Waals surface area contributed by atoms with Gasteiger partial charge in [-0.15, -0.1) is 0 Å². The number of hydrogen-bond donors (Lipinski definition) is 0. The summed E-state index contributed by atoms with van der Waals surface area (Å²) in [6, 6.07) is 57.4. The van der Waals surface area contributed by atoms with Crippen molar-refractivity contribution in [3.05, 3.63) is 209 Å². The molecule has 0 N–H and O–H groups in total. The highest BCUT2D eigenvalue weighted by atomic mass is 16.3. The number of nitrogens with zero attached hydrogens (tertiary/aromatic N) is 5. The third-order valence-electron chi connectivity index (χ3n) is 12.7. The van der Waals surface area contributed by atoms with Crippen molar-refractivity contribution in [2.75, 3.05) is 4.90 Å². The largest absolute Gasteiger partial charge is 0.455 e. The number of rotatable bonds is 6. The Kier molecular flexibility index (Phi) is 8.97. The van der Waals surface area contributed by atoms with Gasteiger partial charge in [0.05, 0.1) is 28.8 Å². The lowest BCUT2D eigenvalue weighted by Crippen LogP contribution is -2.37. The summed E-state index contributed by atoms with van der Waals surface area (Å²) in [7, 11) is 0. The van der Waals surface area contributed by atoms with E-state index < -0.39 is 0 Å². The van der Waals surface area contributed by atoms with E-state index in [0.717, 1.165) is 56.3 Å². The molecule has 3 heterocycles. The Hall–Kier alpha value is -7.57. The van der Waals surface area contributed by atoms with Crippen molar-refractivity contribution in [1.82, 2.24) is 4.57 Å². The van der Waals surface area contributed by atoms with Gasteiger partial charge in [0, 0.05) is 49.6 Å². The maximum atomic E-state index is 6.78. The van der Waals surface area contributed by atoms with Crippen LogP contribution in [-0.2, 0) is 12.0 Å². The first-order chi connectivity index (χ1) is 30.4. The van der Waals surface area contributed by atoms with Crippen molar-refractivity contribution in [1.29, 1.82) is 0 Å². The van der Waals surface area contributed by atoms with Gasteiger partial charge in [-0.1, -0.05) is 142 Å². The van der Waals surface area contributed by atoms with Crippen LogP contribution in [0.15, 0.2) is 207 Å². The van der Waals surface area contributed by atoms with E-state index in [1.807, 2.05) is 54.6 Å². The summed E-state index contributed by atoms with van der Waals surface area (Å²) < 4.78 is 9.20. The summed E-state index contributed by atoms with van der Waals surface area (Å²) in [5.74, 6) is 1.49. The molecule has 2 aliphatic rings. The third-order valence-corrected chi connectivity index (χ3v) is 12.7. The molecule has 1 atom stereocenters. The van der Waals surface area contributed by atoms with Gasteiger partial charge in [-0.25, -0.2) is 9.98 Å². The molecule has 0 saturated carbocycles. The lowest BCUT2D eigenvalue weighted by atomic mass is 9.69. The lowest BCUT2D eigenvalue weighted by molar-refractivity contribution is 0.586. The van der Waals surface area contributed by atoms with Crippen LogP contribution in [0.1, 0.15) is 49.4 Å². The van der Waals surface area contributed by atoms with Gasteiger partial charge in [0.2, 0.25) is 0 Å². The van der Waals surface area contributed by atoms with Crippen molar-refractivity contribution in [3.8, 4) is 5.69 Å². The van der Waals surface area contributed by atoms with Gasteiger partial charge in [0.15, 0.2) is 11.7 Å². The molecule has 6 heteroatoms. The average Bonchev–Trinajstić information content (AvgIpc) is 3.85. The Labute approximate surface area is 361 Å². The van der Waals surface area contributed by atoms with Crippen molar-refractivity contribution in [3.63, 3.8) is 0 Å². The van der Waals surface area contributed by atoms with E-state index in [0.29, 0.717) is 24.1 Å². The zero-order chi connectivity index (χ0) is 42.0.